The number of halogens is 1. The summed E-state index contributed by atoms with van der Waals surface area (Å²) in [6, 6.07) is 10.7. The van der Waals surface area contributed by atoms with Crippen LogP contribution in [0.2, 0.25) is 0 Å². The lowest BCUT2D eigenvalue weighted by Gasteiger charge is -2.14. The molecule has 0 bridgehead atoms. The van der Waals surface area contributed by atoms with Crippen LogP contribution in [0.15, 0.2) is 30.3 Å². The van der Waals surface area contributed by atoms with Gasteiger partial charge in [0, 0.05) is 17.0 Å². The van der Waals surface area contributed by atoms with Crippen molar-refractivity contribution in [2.45, 2.75) is 16.9 Å². The summed E-state index contributed by atoms with van der Waals surface area (Å²) in [7, 11) is 0. The van der Waals surface area contributed by atoms with Crippen molar-refractivity contribution in [2.24, 2.45) is 0 Å². The van der Waals surface area contributed by atoms with Crippen LogP contribution in [-0.4, -0.2) is 21.9 Å². The van der Waals surface area contributed by atoms with Crippen molar-refractivity contribution < 1.29 is 0 Å². The Morgan fingerprint density at radius 2 is 2.08 bits per heavy atom. The Morgan fingerprint density at radius 3 is 2.69 bits per heavy atom. The van der Waals surface area contributed by atoms with Crippen LogP contribution in [0.5, 0.6) is 0 Å². The molecule has 1 fully saturated rings. The molecule has 1 nitrogen and oxygen atoms in total. The summed E-state index contributed by atoms with van der Waals surface area (Å²) in [6.45, 7) is 3.65. The summed E-state index contributed by atoms with van der Waals surface area (Å²) in [4.78, 5) is 2.53. The van der Waals surface area contributed by atoms with E-state index in [1.807, 2.05) is 0 Å². The Bertz CT molecular complexity index is 260. The van der Waals surface area contributed by atoms with Crippen molar-refractivity contribution in [2.75, 3.05) is 13.1 Å². The van der Waals surface area contributed by atoms with E-state index in [0.29, 0.717) is 0 Å². The standard InChI is InChI=1S/C11H14IN/c12-11-6-7-13(9-11)8-10-4-2-1-3-5-10/h1-5,11H,6-9H2/t11-/m1/s1. The fourth-order valence-electron chi connectivity index (χ4n) is 1.77. The molecule has 2 heteroatoms. The zero-order chi connectivity index (χ0) is 9.10. The second kappa shape index (κ2) is 4.42. The van der Waals surface area contributed by atoms with Gasteiger partial charge in [-0.1, -0.05) is 52.9 Å². The van der Waals surface area contributed by atoms with Crippen molar-refractivity contribution in [3.05, 3.63) is 35.9 Å². The summed E-state index contributed by atoms with van der Waals surface area (Å²) in [5.41, 5.74) is 1.44. The summed E-state index contributed by atoms with van der Waals surface area (Å²) in [5, 5.41) is 0. The van der Waals surface area contributed by atoms with Gasteiger partial charge in [0.25, 0.3) is 0 Å². The zero-order valence-electron chi connectivity index (χ0n) is 7.62. The van der Waals surface area contributed by atoms with Gasteiger partial charge >= 0.3 is 0 Å². The van der Waals surface area contributed by atoms with Gasteiger partial charge in [-0.15, -0.1) is 0 Å². The molecule has 0 aliphatic carbocycles. The molecule has 0 saturated carbocycles. The SMILES string of the molecule is I[C@@H]1CCN(Cc2ccccc2)C1. The second-order valence-electron chi connectivity index (χ2n) is 3.61. The van der Waals surface area contributed by atoms with Crippen molar-refractivity contribution in [3.63, 3.8) is 0 Å². The molecule has 0 radical (unpaired) electrons. The third-order valence-electron chi connectivity index (χ3n) is 2.46. The number of rotatable bonds is 2. The Kier molecular flexibility index (Phi) is 3.22. The van der Waals surface area contributed by atoms with Gasteiger partial charge in [0.05, 0.1) is 0 Å². The minimum absolute atomic E-state index is 0.862. The highest BCUT2D eigenvalue weighted by Crippen LogP contribution is 2.18. The number of benzene rings is 1. The van der Waals surface area contributed by atoms with E-state index in [0.717, 1.165) is 10.5 Å². The van der Waals surface area contributed by atoms with Crippen LogP contribution in [0.25, 0.3) is 0 Å². The molecule has 1 aromatic carbocycles. The average Bonchev–Trinajstić information content (AvgIpc) is 2.53. The highest BCUT2D eigenvalue weighted by molar-refractivity contribution is 14.1. The molecular formula is C11H14IN. The normalized spacial score (nSPS) is 23.6. The lowest BCUT2D eigenvalue weighted by molar-refractivity contribution is 0.333. The van der Waals surface area contributed by atoms with E-state index < -0.39 is 0 Å². The van der Waals surface area contributed by atoms with E-state index in [1.165, 1.54) is 25.1 Å². The molecule has 1 aliphatic heterocycles. The van der Waals surface area contributed by atoms with Crippen LogP contribution >= 0.6 is 22.6 Å². The van der Waals surface area contributed by atoms with E-state index in [1.54, 1.807) is 0 Å². The number of alkyl halides is 1. The lowest BCUT2D eigenvalue weighted by atomic mass is 10.2. The van der Waals surface area contributed by atoms with Crippen molar-refractivity contribution in [3.8, 4) is 0 Å². The molecule has 0 N–H and O–H groups in total. The van der Waals surface area contributed by atoms with Gasteiger partial charge in [-0.05, 0) is 18.5 Å². The van der Waals surface area contributed by atoms with Crippen LogP contribution in [0, 0.1) is 0 Å². The van der Waals surface area contributed by atoms with Gasteiger partial charge in [0.1, 0.15) is 0 Å². The van der Waals surface area contributed by atoms with Crippen LogP contribution in [0.3, 0.4) is 0 Å². The maximum absolute atomic E-state index is 2.55. The summed E-state index contributed by atoms with van der Waals surface area (Å²) < 4.78 is 0.862. The molecule has 1 aromatic rings. The summed E-state index contributed by atoms with van der Waals surface area (Å²) >= 11 is 2.55. The summed E-state index contributed by atoms with van der Waals surface area (Å²) in [5.74, 6) is 0. The lowest BCUT2D eigenvalue weighted by Crippen LogP contribution is -2.19. The quantitative estimate of drug-likeness (QED) is 0.597. The molecular weight excluding hydrogens is 273 g/mol. The Hall–Kier alpha value is -0.0900. The fourth-order valence-corrected chi connectivity index (χ4v) is 2.61. The van der Waals surface area contributed by atoms with Gasteiger partial charge in [-0.3, -0.25) is 4.90 Å². The number of hydrogen-bond donors (Lipinski definition) is 0. The topological polar surface area (TPSA) is 3.24 Å². The molecule has 2 rings (SSSR count). The molecule has 0 unspecified atom stereocenters. The third kappa shape index (κ3) is 2.68. The molecule has 1 heterocycles. The molecule has 13 heavy (non-hydrogen) atoms. The van der Waals surface area contributed by atoms with Crippen LogP contribution in [0.1, 0.15) is 12.0 Å². The van der Waals surface area contributed by atoms with Crippen LogP contribution in [-0.2, 0) is 6.54 Å². The molecule has 70 valence electrons. The summed E-state index contributed by atoms with van der Waals surface area (Å²) in [6.07, 6.45) is 1.35. The first-order chi connectivity index (χ1) is 6.34. The van der Waals surface area contributed by atoms with E-state index >= 15 is 0 Å². The second-order valence-corrected chi connectivity index (χ2v) is 5.37. The third-order valence-corrected chi connectivity index (χ3v) is 3.48. The van der Waals surface area contributed by atoms with Gasteiger partial charge in [0.15, 0.2) is 0 Å². The van der Waals surface area contributed by atoms with Crippen LogP contribution in [0.4, 0.5) is 0 Å². The van der Waals surface area contributed by atoms with E-state index in [9.17, 15) is 0 Å². The fraction of sp³-hybridized carbons (Fsp3) is 0.455. The van der Waals surface area contributed by atoms with Crippen molar-refractivity contribution in [1.82, 2.24) is 4.90 Å². The number of likely N-dealkylation sites (tertiary alicyclic amines) is 1. The highest BCUT2D eigenvalue weighted by Gasteiger charge is 2.19. The predicted molar refractivity (Wildman–Crippen MR) is 64.1 cm³/mol. The van der Waals surface area contributed by atoms with Crippen LogP contribution < -0.4 is 0 Å². The molecule has 0 aromatic heterocycles. The number of hydrogen-bond acceptors (Lipinski definition) is 1. The first kappa shape index (κ1) is 9.46. The first-order valence-electron chi connectivity index (χ1n) is 4.75. The Morgan fingerprint density at radius 1 is 1.31 bits per heavy atom. The minimum atomic E-state index is 0.862. The van der Waals surface area contributed by atoms with Crippen molar-refractivity contribution in [1.29, 1.82) is 0 Å². The first-order valence-corrected chi connectivity index (χ1v) is 5.99. The molecule has 0 amide bonds. The van der Waals surface area contributed by atoms with Gasteiger partial charge < -0.3 is 0 Å². The van der Waals surface area contributed by atoms with E-state index in [2.05, 4.69) is 57.8 Å². The van der Waals surface area contributed by atoms with Gasteiger partial charge in [0.2, 0.25) is 0 Å². The molecule has 1 atom stereocenters. The van der Waals surface area contributed by atoms with E-state index in [4.69, 9.17) is 0 Å². The Labute approximate surface area is 93.3 Å². The Balaban J connectivity index is 1.92. The molecule has 1 saturated heterocycles. The van der Waals surface area contributed by atoms with Gasteiger partial charge in [-0.2, -0.15) is 0 Å². The molecule has 1 aliphatic rings. The molecule has 0 spiro atoms. The minimum Gasteiger partial charge on any atom is -0.298 e. The maximum Gasteiger partial charge on any atom is 0.0249 e. The maximum atomic E-state index is 2.55. The average molecular weight is 287 g/mol. The number of nitrogens with zero attached hydrogens (tertiary/aromatic N) is 1. The highest BCUT2D eigenvalue weighted by atomic mass is 127. The van der Waals surface area contributed by atoms with Crippen molar-refractivity contribution >= 4 is 22.6 Å². The van der Waals surface area contributed by atoms with E-state index in [-0.39, 0.29) is 0 Å². The monoisotopic (exact) mass is 287 g/mol. The zero-order valence-corrected chi connectivity index (χ0v) is 9.78. The largest absolute Gasteiger partial charge is 0.298 e. The van der Waals surface area contributed by atoms with Gasteiger partial charge in [-0.25, -0.2) is 0 Å². The predicted octanol–water partition coefficient (Wildman–Crippen LogP) is 2.70. The smallest absolute Gasteiger partial charge is 0.0249 e.